The van der Waals surface area contributed by atoms with Crippen LogP contribution in [0.5, 0.6) is 5.75 Å². The summed E-state index contributed by atoms with van der Waals surface area (Å²) in [6.45, 7) is 2.53. The summed E-state index contributed by atoms with van der Waals surface area (Å²) in [5, 5.41) is 16.1. The molecule has 1 amide bonds. The van der Waals surface area contributed by atoms with Crippen LogP contribution in [-0.4, -0.2) is 38.1 Å². The van der Waals surface area contributed by atoms with Gasteiger partial charge in [0.15, 0.2) is 11.4 Å². The summed E-state index contributed by atoms with van der Waals surface area (Å²) in [4.78, 5) is 12.3. The number of rotatable bonds is 7. The number of hydrogen-bond acceptors (Lipinski definition) is 7. The standard InChI is InChI=1S/C19H17N5O3S/c1-2-26-14-7-5-13(6-8-14)20-18(25)12-28-19-22-21-17-10-9-15(23-24(17)19)16-4-3-11-27-16/h3-11H,2,12H2,1H3,(H,20,25). The highest BCUT2D eigenvalue weighted by atomic mass is 32.2. The second-order valence-corrected chi connectivity index (χ2v) is 6.69. The Morgan fingerprint density at radius 1 is 1.18 bits per heavy atom. The van der Waals surface area contributed by atoms with Crippen molar-refractivity contribution in [3.8, 4) is 17.2 Å². The van der Waals surface area contributed by atoms with E-state index in [2.05, 4.69) is 20.6 Å². The zero-order valence-corrected chi connectivity index (χ0v) is 15.8. The highest BCUT2D eigenvalue weighted by molar-refractivity contribution is 7.99. The Morgan fingerprint density at radius 2 is 2.04 bits per heavy atom. The summed E-state index contributed by atoms with van der Waals surface area (Å²) >= 11 is 1.26. The van der Waals surface area contributed by atoms with Crippen LogP contribution in [0.15, 0.2) is 64.4 Å². The first-order valence-electron chi connectivity index (χ1n) is 8.65. The van der Waals surface area contributed by atoms with Gasteiger partial charge in [-0.25, -0.2) is 0 Å². The maximum atomic E-state index is 12.3. The lowest BCUT2D eigenvalue weighted by Crippen LogP contribution is -2.14. The molecule has 0 spiro atoms. The van der Waals surface area contributed by atoms with E-state index >= 15 is 0 Å². The smallest absolute Gasteiger partial charge is 0.234 e. The van der Waals surface area contributed by atoms with E-state index in [1.807, 2.05) is 37.3 Å². The largest absolute Gasteiger partial charge is 0.494 e. The van der Waals surface area contributed by atoms with Crippen molar-refractivity contribution in [3.63, 3.8) is 0 Å². The highest BCUT2D eigenvalue weighted by Crippen LogP contribution is 2.21. The van der Waals surface area contributed by atoms with Gasteiger partial charge in [0.1, 0.15) is 11.4 Å². The lowest BCUT2D eigenvalue weighted by atomic mass is 10.3. The zero-order chi connectivity index (χ0) is 19.3. The van der Waals surface area contributed by atoms with Gasteiger partial charge >= 0.3 is 0 Å². The molecule has 0 bridgehead atoms. The topological polar surface area (TPSA) is 94.5 Å². The number of hydrogen-bond donors (Lipinski definition) is 1. The third kappa shape index (κ3) is 3.99. The Labute approximate surface area is 164 Å². The molecule has 0 saturated heterocycles. The molecule has 142 valence electrons. The van der Waals surface area contributed by atoms with Crippen molar-refractivity contribution >= 4 is 29.0 Å². The number of ether oxygens (including phenoxy) is 1. The minimum Gasteiger partial charge on any atom is -0.494 e. The summed E-state index contributed by atoms with van der Waals surface area (Å²) in [6.07, 6.45) is 1.59. The van der Waals surface area contributed by atoms with Crippen LogP contribution in [0.1, 0.15) is 6.92 Å². The Hall–Kier alpha value is -3.33. The van der Waals surface area contributed by atoms with E-state index in [1.165, 1.54) is 11.8 Å². The maximum absolute atomic E-state index is 12.3. The number of benzene rings is 1. The Bertz CT molecular complexity index is 1080. The second-order valence-electron chi connectivity index (χ2n) is 5.74. The minimum atomic E-state index is -0.145. The molecule has 1 N–H and O–H groups in total. The normalized spacial score (nSPS) is 10.9. The molecule has 3 aromatic heterocycles. The minimum absolute atomic E-state index is 0.145. The van der Waals surface area contributed by atoms with Crippen LogP contribution in [0.3, 0.4) is 0 Å². The van der Waals surface area contributed by atoms with Gasteiger partial charge in [0.2, 0.25) is 11.1 Å². The third-order valence-electron chi connectivity index (χ3n) is 3.79. The maximum Gasteiger partial charge on any atom is 0.234 e. The quantitative estimate of drug-likeness (QED) is 0.479. The average molecular weight is 395 g/mol. The average Bonchev–Trinajstić information content (AvgIpc) is 3.38. The molecule has 0 fully saturated rings. The molecule has 4 rings (SSSR count). The van der Waals surface area contributed by atoms with Crippen molar-refractivity contribution in [1.29, 1.82) is 0 Å². The molecular formula is C19H17N5O3S. The molecule has 0 aliphatic carbocycles. The van der Waals surface area contributed by atoms with E-state index in [-0.39, 0.29) is 11.7 Å². The lowest BCUT2D eigenvalue weighted by molar-refractivity contribution is -0.113. The first kappa shape index (κ1) is 18.1. The van der Waals surface area contributed by atoms with Gasteiger partial charge in [-0.15, -0.1) is 10.2 Å². The van der Waals surface area contributed by atoms with E-state index in [9.17, 15) is 4.79 Å². The van der Waals surface area contributed by atoms with Crippen molar-refractivity contribution < 1.29 is 13.9 Å². The number of carbonyl (C=O) groups excluding carboxylic acids is 1. The van der Waals surface area contributed by atoms with Crippen molar-refractivity contribution in [3.05, 3.63) is 54.8 Å². The molecule has 0 atom stereocenters. The van der Waals surface area contributed by atoms with Gasteiger partial charge in [0, 0.05) is 5.69 Å². The molecule has 0 aliphatic rings. The van der Waals surface area contributed by atoms with Crippen LogP contribution in [0.2, 0.25) is 0 Å². The molecular weight excluding hydrogens is 378 g/mol. The molecule has 28 heavy (non-hydrogen) atoms. The Morgan fingerprint density at radius 3 is 2.79 bits per heavy atom. The number of nitrogens with zero attached hydrogens (tertiary/aromatic N) is 4. The van der Waals surface area contributed by atoms with Gasteiger partial charge < -0.3 is 14.5 Å². The Kier molecular flexibility index (Phi) is 5.24. The SMILES string of the molecule is CCOc1ccc(NC(=O)CSc2nnc3ccc(-c4ccco4)nn23)cc1. The number of amides is 1. The van der Waals surface area contributed by atoms with Crippen LogP contribution in [0.25, 0.3) is 17.1 Å². The summed E-state index contributed by atoms with van der Waals surface area (Å²) in [7, 11) is 0. The van der Waals surface area contributed by atoms with Gasteiger partial charge in [-0.1, -0.05) is 11.8 Å². The zero-order valence-electron chi connectivity index (χ0n) is 15.0. The lowest BCUT2D eigenvalue weighted by Gasteiger charge is -2.06. The van der Waals surface area contributed by atoms with E-state index in [0.717, 1.165) is 5.75 Å². The number of nitrogens with one attached hydrogen (secondary N) is 1. The molecule has 0 radical (unpaired) electrons. The third-order valence-corrected chi connectivity index (χ3v) is 4.71. The van der Waals surface area contributed by atoms with Crippen LogP contribution in [0, 0.1) is 0 Å². The highest BCUT2D eigenvalue weighted by Gasteiger charge is 2.12. The van der Waals surface area contributed by atoms with Crippen LogP contribution in [-0.2, 0) is 4.79 Å². The van der Waals surface area contributed by atoms with E-state index in [1.54, 1.807) is 29.0 Å². The number of furan rings is 1. The second kappa shape index (κ2) is 8.13. The van der Waals surface area contributed by atoms with Gasteiger partial charge in [0.05, 0.1) is 18.6 Å². The fraction of sp³-hybridized carbons (Fsp3) is 0.158. The fourth-order valence-electron chi connectivity index (χ4n) is 2.54. The van der Waals surface area contributed by atoms with Crippen molar-refractivity contribution in [2.24, 2.45) is 0 Å². The van der Waals surface area contributed by atoms with Gasteiger partial charge in [-0.05, 0) is 55.5 Å². The monoisotopic (exact) mass is 395 g/mol. The number of carbonyl (C=O) groups is 1. The first-order chi connectivity index (χ1) is 13.7. The molecule has 9 heteroatoms. The molecule has 8 nitrogen and oxygen atoms in total. The van der Waals surface area contributed by atoms with E-state index in [4.69, 9.17) is 9.15 Å². The van der Waals surface area contributed by atoms with Crippen LogP contribution < -0.4 is 10.1 Å². The van der Waals surface area contributed by atoms with Crippen LogP contribution in [0.4, 0.5) is 5.69 Å². The summed E-state index contributed by atoms with van der Waals surface area (Å²) < 4.78 is 12.4. The van der Waals surface area contributed by atoms with Gasteiger partial charge in [0.25, 0.3) is 0 Å². The van der Waals surface area contributed by atoms with E-state index < -0.39 is 0 Å². The summed E-state index contributed by atoms with van der Waals surface area (Å²) in [5.74, 6) is 1.46. The summed E-state index contributed by atoms with van der Waals surface area (Å²) in [6, 6.07) is 14.5. The molecule has 4 aromatic rings. The molecule has 1 aromatic carbocycles. The van der Waals surface area contributed by atoms with Crippen LogP contribution >= 0.6 is 11.8 Å². The molecule has 0 saturated carbocycles. The van der Waals surface area contributed by atoms with Gasteiger partial charge in [-0.3, -0.25) is 4.79 Å². The number of fused-ring (bicyclic) bond motifs is 1. The Balaban J connectivity index is 1.42. The molecule has 0 aliphatic heterocycles. The molecule has 0 unspecified atom stereocenters. The fourth-order valence-corrected chi connectivity index (χ4v) is 3.23. The van der Waals surface area contributed by atoms with Crippen molar-refractivity contribution in [1.82, 2.24) is 19.8 Å². The summed E-state index contributed by atoms with van der Waals surface area (Å²) in [5.41, 5.74) is 1.97. The number of thioether (sulfide) groups is 1. The molecule has 3 heterocycles. The van der Waals surface area contributed by atoms with Gasteiger partial charge in [-0.2, -0.15) is 9.61 Å². The van der Waals surface area contributed by atoms with Crippen molar-refractivity contribution in [2.45, 2.75) is 12.1 Å². The first-order valence-corrected chi connectivity index (χ1v) is 9.63. The number of anilines is 1. The van der Waals surface area contributed by atoms with Crippen molar-refractivity contribution in [2.75, 3.05) is 17.7 Å². The van der Waals surface area contributed by atoms with E-state index in [0.29, 0.717) is 34.6 Å². The predicted octanol–water partition coefficient (Wildman–Crippen LogP) is 3.51. The number of aromatic nitrogens is 4. The predicted molar refractivity (Wildman–Crippen MR) is 105 cm³/mol.